The Morgan fingerprint density at radius 2 is 2.00 bits per heavy atom. The zero-order valence-electron chi connectivity index (χ0n) is 9.87. The van der Waals surface area contributed by atoms with Gasteiger partial charge in [0.2, 0.25) is 10.0 Å². The lowest BCUT2D eigenvalue weighted by molar-refractivity contribution is 0.199. The molecule has 6 heteroatoms. The van der Waals surface area contributed by atoms with Crippen molar-refractivity contribution in [2.24, 2.45) is 5.73 Å². The lowest BCUT2D eigenvalue weighted by Crippen LogP contribution is -2.52. The fraction of sp³-hybridized carbons (Fsp3) is 1.00. The largest absolute Gasteiger partial charge is 0.385 e. The molecule has 0 aromatic carbocycles. The summed E-state index contributed by atoms with van der Waals surface area (Å²) in [7, 11) is -1.65. The molecule has 1 rings (SSSR count). The molecule has 3 N–H and O–H groups in total. The highest BCUT2D eigenvalue weighted by molar-refractivity contribution is 7.89. The molecule has 1 saturated carbocycles. The van der Waals surface area contributed by atoms with Gasteiger partial charge in [-0.15, -0.1) is 0 Å². The summed E-state index contributed by atoms with van der Waals surface area (Å²) < 4.78 is 31.2. The van der Waals surface area contributed by atoms with Crippen molar-refractivity contribution >= 4 is 10.0 Å². The van der Waals surface area contributed by atoms with E-state index >= 15 is 0 Å². The number of sulfonamides is 1. The summed E-state index contributed by atoms with van der Waals surface area (Å²) in [5.41, 5.74) is 5.30. The molecule has 0 saturated heterocycles. The van der Waals surface area contributed by atoms with Gasteiger partial charge >= 0.3 is 0 Å². The summed E-state index contributed by atoms with van der Waals surface area (Å²) >= 11 is 0. The summed E-state index contributed by atoms with van der Waals surface area (Å²) in [6.07, 6.45) is 4.34. The highest BCUT2D eigenvalue weighted by Crippen LogP contribution is 2.29. The predicted octanol–water partition coefficient (Wildman–Crippen LogP) is 0.214. The Hall–Kier alpha value is -0.170. The van der Waals surface area contributed by atoms with Gasteiger partial charge in [-0.05, 0) is 19.3 Å². The lowest BCUT2D eigenvalue weighted by Gasteiger charge is -2.28. The molecule has 0 unspecified atom stereocenters. The topological polar surface area (TPSA) is 81.4 Å². The Kier molecular flexibility index (Phi) is 5.17. The van der Waals surface area contributed by atoms with Gasteiger partial charge in [0.05, 0.1) is 5.75 Å². The van der Waals surface area contributed by atoms with E-state index in [0.717, 1.165) is 25.7 Å². The molecule has 16 heavy (non-hydrogen) atoms. The quantitative estimate of drug-likeness (QED) is 0.633. The van der Waals surface area contributed by atoms with E-state index in [1.54, 1.807) is 7.11 Å². The highest BCUT2D eigenvalue weighted by Gasteiger charge is 2.35. The molecule has 0 radical (unpaired) electrons. The van der Waals surface area contributed by atoms with Crippen LogP contribution in [0.5, 0.6) is 0 Å². The van der Waals surface area contributed by atoms with E-state index in [0.29, 0.717) is 19.6 Å². The van der Waals surface area contributed by atoms with Crippen LogP contribution in [0.25, 0.3) is 0 Å². The molecular formula is C10H22N2O3S. The van der Waals surface area contributed by atoms with Gasteiger partial charge in [0.1, 0.15) is 0 Å². The molecule has 1 fully saturated rings. The molecule has 96 valence electrons. The molecular weight excluding hydrogens is 228 g/mol. The molecule has 0 aromatic heterocycles. The normalized spacial score (nSPS) is 20.1. The number of hydrogen-bond acceptors (Lipinski definition) is 4. The van der Waals surface area contributed by atoms with Crippen LogP contribution in [-0.4, -0.2) is 40.0 Å². The first-order chi connectivity index (χ1) is 7.54. The number of methoxy groups -OCH3 is 1. The molecule has 0 amide bonds. The molecule has 0 aromatic rings. The van der Waals surface area contributed by atoms with Crippen LogP contribution in [0.2, 0.25) is 0 Å². The van der Waals surface area contributed by atoms with E-state index < -0.39 is 10.0 Å². The average molecular weight is 250 g/mol. The lowest BCUT2D eigenvalue weighted by atomic mass is 10.0. The van der Waals surface area contributed by atoms with Crippen LogP contribution < -0.4 is 10.5 Å². The second kappa shape index (κ2) is 5.95. The summed E-state index contributed by atoms with van der Waals surface area (Å²) in [6.45, 7) is 0.854. The van der Waals surface area contributed by atoms with Crippen LogP contribution >= 0.6 is 0 Å². The standard InChI is InChI=1S/C10H22N2O3S/c1-15-7-4-8-16(13,14)12-10(9-11)5-2-3-6-10/h12H,2-9,11H2,1H3. The minimum atomic E-state index is -3.22. The van der Waals surface area contributed by atoms with Crippen LogP contribution in [-0.2, 0) is 14.8 Å². The van der Waals surface area contributed by atoms with E-state index in [1.165, 1.54) is 0 Å². The predicted molar refractivity (Wildman–Crippen MR) is 63.7 cm³/mol. The van der Waals surface area contributed by atoms with Crippen LogP contribution in [0.15, 0.2) is 0 Å². The van der Waals surface area contributed by atoms with E-state index in [4.69, 9.17) is 10.5 Å². The van der Waals surface area contributed by atoms with E-state index in [1.807, 2.05) is 0 Å². The third-order valence-corrected chi connectivity index (χ3v) is 4.66. The fourth-order valence-electron chi connectivity index (χ4n) is 2.17. The van der Waals surface area contributed by atoms with Crippen molar-refractivity contribution < 1.29 is 13.2 Å². The first-order valence-electron chi connectivity index (χ1n) is 5.74. The summed E-state index contributed by atoms with van der Waals surface area (Å²) in [5.74, 6) is 0.114. The first kappa shape index (κ1) is 13.9. The maximum absolute atomic E-state index is 11.8. The van der Waals surface area contributed by atoms with Crippen LogP contribution in [0.4, 0.5) is 0 Å². The van der Waals surface area contributed by atoms with Gasteiger partial charge in [-0.2, -0.15) is 0 Å². The average Bonchev–Trinajstić information content (AvgIpc) is 2.66. The molecule has 0 aliphatic heterocycles. The van der Waals surface area contributed by atoms with Crippen molar-refractivity contribution in [1.29, 1.82) is 0 Å². The monoisotopic (exact) mass is 250 g/mol. The van der Waals surface area contributed by atoms with E-state index in [-0.39, 0.29) is 11.3 Å². The van der Waals surface area contributed by atoms with Crippen LogP contribution in [0, 0.1) is 0 Å². The van der Waals surface area contributed by atoms with E-state index in [9.17, 15) is 8.42 Å². The van der Waals surface area contributed by atoms with E-state index in [2.05, 4.69) is 4.72 Å². The van der Waals surface area contributed by atoms with Gasteiger partial charge in [0, 0.05) is 25.8 Å². The van der Waals surface area contributed by atoms with Gasteiger partial charge in [-0.3, -0.25) is 0 Å². The molecule has 0 heterocycles. The van der Waals surface area contributed by atoms with Crippen LogP contribution in [0.1, 0.15) is 32.1 Å². The molecule has 0 spiro atoms. The summed E-state index contributed by atoms with van der Waals surface area (Å²) in [4.78, 5) is 0. The third-order valence-electron chi connectivity index (χ3n) is 3.08. The molecule has 0 bridgehead atoms. The maximum atomic E-state index is 11.8. The first-order valence-corrected chi connectivity index (χ1v) is 7.39. The number of nitrogens with one attached hydrogen (secondary N) is 1. The second-order valence-electron chi connectivity index (χ2n) is 4.46. The Bertz CT molecular complexity index is 297. The second-order valence-corrected chi connectivity index (χ2v) is 6.30. The Morgan fingerprint density at radius 1 is 1.38 bits per heavy atom. The Labute approximate surface area is 97.8 Å². The zero-order valence-corrected chi connectivity index (χ0v) is 10.7. The van der Waals surface area contributed by atoms with Crippen molar-refractivity contribution in [2.75, 3.05) is 26.0 Å². The minimum Gasteiger partial charge on any atom is -0.385 e. The molecule has 1 aliphatic rings. The SMILES string of the molecule is COCCCS(=O)(=O)NC1(CN)CCCC1. The number of ether oxygens (including phenoxy) is 1. The van der Waals surface area contributed by atoms with Crippen molar-refractivity contribution in [1.82, 2.24) is 4.72 Å². The van der Waals surface area contributed by atoms with Gasteiger partial charge in [-0.25, -0.2) is 13.1 Å². The van der Waals surface area contributed by atoms with Gasteiger partial charge in [0.25, 0.3) is 0 Å². The highest BCUT2D eigenvalue weighted by atomic mass is 32.2. The number of nitrogens with two attached hydrogens (primary N) is 1. The fourth-order valence-corrected chi connectivity index (χ4v) is 3.72. The number of rotatable bonds is 7. The van der Waals surface area contributed by atoms with Crippen molar-refractivity contribution in [3.8, 4) is 0 Å². The summed E-state index contributed by atoms with van der Waals surface area (Å²) in [6, 6.07) is 0. The zero-order chi connectivity index (χ0) is 12.1. The third kappa shape index (κ3) is 4.01. The Balaban J connectivity index is 2.50. The molecule has 0 atom stereocenters. The number of hydrogen-bond donors (Lipinski definition) is 2. The van der Waals surface area contributed by atoms with Crippen LogP contribution in [0.3, 0.4) is 0 Å². The van der Waals surface area contributed by atoms with Crippen molar-refractivity contribution in [3.63, 3.8) is 0 Å². The van der Waals surface area contributed by atoms with Crippen molar-refractivity contribution in [3.05, 3.63) is 0 Å². The van der Waals surface area contributed by atoms with Crippen molar-refractivity contribution in [2.45, 2.75) is 37.6 Å². The summed E-state index contributed by atoms with van der Waals surface area (Å²) in [5, 5.41) is 0. The smallest absolute Gasteiger partial charge is 0.212 e. The van der Waals surface area contributed by atoms with Gasteiger partial charge in [-0.1, -0.05) is 12.8 Å². The molecule has 1 aliphatic carbocycles. The van der Waals surface area contributed by atoms with Gasteiger partial charge in [0.15, 0.2) is 0 Å². The Morgan fingerprint density at radius 3 is 2.50 bits per heavy atom. The minimum absolute atomic E-state index is 0.114. The molecule has 5 nitrogen and oxygen atoms in total. The maximum Gasteiger partial charge on any atom is 0.212 e. The van der Waals surface area contributed by atoms with Gasteiger partial charge < -0.3 is 10.5 Å².